The molecule has 1 aromatic carbocycles. The number of aromatic hydroxyl groups is 1. The maximum atomic E-state index is 9.73. The molecule has 3 rings (SSSR count). The third kappa shape index (κ3) is 3.95. The zero-order chi connectivity index (χ0) is 16.8. The van der Waals surface area contributed by atoms with E-state index in [1.165, 1.54) is 0 Å². The van der Waals surface area contributed by atoms with E-state index in [4.69, 9.17) is 4.74 Å². The number of anilines is 1. The average molecular weight is 327 g/mol. The number of hydrogen-bond acceptors (Lipinski definition) is 5. The number of phenolic OH excluding ortho intramolecular Hbond substituents is 1. The summed E-state index contributed by atoms with van der Waals surface area (Å²) in [5.74, 6) is 1.79. The number of aromatic nitrogens is 1. The van der Waals surface area contributed by atoms with Crippen molar-refractivity contribution >= 4 is 12.0 Å². The van der Waals surface area contributed by atoms with Gasteiger partial charge in [-0.05, 0) is 36.8 Å². The standard InChI is InChI=1S/C18H22N4O2/c1-2-24-17-13-15(6-7-16(17)23)14-20-22-11-9-21(10-12-22)18-5-3-4-8-19-18/h3-8,13-14,23H,2,9-12H2,1H3/p+1/b20-14+. The normalized spacial score (nSPS) is 15.0. The Kier molecular flexibility index (Phi) is 5.15. The number of ether oxygens (including phenoxy) is 1. The second-order valence-corrected chi connectivity index (χ2v) is 5.59. The molecule has 6 heteroatoms. The van der Waals surface area contributed by atoms with Gasteiger partial charge in [0.15, 0.2) is 11.5 Å². The highest BCUT2D eigenvalue weighted by atomic mass is 16.5. The van der Waals surface area contributed by atoms with E-state index in [2.05, 4.69) is 26.1 Å². The molecule has 126 valence electrons. The molecule has 1 aromatic heterocycles. The summed E-state index contributed by atoms with van der Waals surface area (Å²) in [5.41, 5.74) is 0.912. The number of nitrogens with one attached hydrogen (secondary N) is 1. The molecule has 24 heavy (non-hydrogen) atoms. The van der Waals surface area contributed by atoms with Crippen LogP contribution in [-0.4, -0.2) is 49.1 Å². The smallest absolute Gasteiger partial charge is 0.274 e. The van der Waals surface area contributed by atoms with Crippen molar-refractivity contribution in [2.75, 3.05) is 37.7 Å². The second kappa shape index (κ2) is 7.68. The van der Waals surface area contributed by atoms with Crippen LogP contribution in [0.3, 0.4) is 0 Å². The number of aromatic amines is 1. The van der Waals surface area contributed by atoms with Crippen molar-refractivity contribution < 1.29 is 14.8 Å². The molecular formula is C18H23N4O2+. The zero-order valence-electron chi connectivity index (χ0n) is 13.9. The van der Waals surface area contributed by atoms with Crippen LogP contribution >= 0.6 is 0 Å². The van der Waals surface area contributed by atoms with Gasteiger partial charge in [-0.3, -0.25) is 9.91 Å². The van der Waals surface area contributed by atoms with Crippen molar-refractivity contribution in [3.05, 3.63) is 48.2 Å². The fourth-order valence-corrected chi connectivity index (χ4v) is 2.66. The van der Waals surface area contributed by atoms with Gasteiger partial charge in [-0.1, -0.05) is 6.07 Å². The Balaban J connectivity index is 1.58. The van der Waals surface area contributed by atoms with E-state index in [-0.39, 0.29) is 5.75 Å². The van der Waals surface area contributed by atoms with E-state index in [0.717, 1.165) is 37.6 Å². The van der Waals surface area contributed by atoms with E-state index < -0.39 is 0 Å². The van der Waals surface area contributed by atoms with Gasteiger partial charge >= 0.3 is 0 Å². The maximum absolute atomic E-state index is 9.73. The Hall–Kier alpha value is -2.76. The van der Waals surface area contributed by atoms with Gasteiger partial charge in [-0.25, -0.2) is 4.98 Å². The van der Waals surface area contributed by atoms with E-state index in [0.29, 0.717) is 12.4 Å². The first kappa shape index (κ1) is 16.1. The van der Waals surface area contributed by atoms with Gasteiger partial charge in [-0.15, -0.1) is 0 Å². The molecule has 1 saturated heterocycles. The molecule has 0 aliphatic carbocycles. The number of piperazine rings is 1. The molecule has 1 aliphatic heterocycles. The molecule has 2 aromatic rings. The number of nitrogens with zero attached hydrogens (tertiary/aromatic N) is 3. The highest BCUT2D eigenvalue weighted by molar-refractivity contribution is 5.80. The van der Waals surface area contributed by atoms with Crippen LogP contribution in [0.25, 0.3) is 0 Å². The topological polar surface area (TPSA) is 62.4 Å². The number of pyridine rings is 1. The van der Waals surface area contributed by atoms with Gasteiger partial charge in [-0.2, -0.15) is 5.10 Å². The van der Waals surface area contributed by atoms with Gasteiger partial charge in [0, 0.05) is 6.07 Å². The molecule has 0 saturated carbocycles. The molecule has 0 radical (unpaired) electrons. The third-order valence-corrected chi connectivity index (χ3v) is 3.94. The molecule has 0 bridgehead atoms. The molecule has 0 spiro atoms. The number of hydrazone groups is 1. The summed E-state index contributed by atoms with van der Waals surface area (Å²) in [6, 6.07) is 11.4. The Labute approximate surface area is 142 Å². The molecule has 1 fully saturated rings. The van der Waals surface area contributed by atoms with Crippen LogP contribution < -0.4 is 14.6 Å². The molecule has 6 nitrogen and oxygen atoms in total. The SMILES string of the molecule is CCOc1cc(/C=N/N2CCN(c3cccc[nH+]3)CC2)ccc1O. The molecule has 0 atom stereocenters. The fraction of sp³-hybridized carbons (Fsp3) is 0.333. The van der Waals surface area contributed by atoms with E-state index in [9.17, 15) is 5.11 Å². The van der Waals surface area contributed by atoms with Crippen molar-refractivity contribution in [1.82, 2.24) is 5.01 Å². The Bertz CT molecular complexity index is 683. The van der Waals surface area contributed by atoms with Crippen molar-refractivity contribution in [1.29, 1.82) is 0 Å². The summed E-state index contributed by atoms with van der Waals surface area (Å²) in [6.07, 6.45) is 3.76. The zero-order valence-corrected chi connectivity index (χ0v) is 13.9. The van der Waals surface area contributed by atoms with Crippen LogP contribution in [-0.2, 0) is 0 Å². The van der Waals surface area contributed by atoms with Gasteiger partial charge < -0.3 is 9.84 Å². The predicted octanol–water partition coefficient (Wildman–Crippen LogP) is 1.76. The number of H-pyrrole nitrogens is 1. The van der Waals surface area contributed by atoms with E-state index in [1.54, 1.807) is 12.1 Å². The number of benzene rings is 1. The highest BCUT2D eigenvalue weighted by Crippen LogP contribution is 2.26. The van der Waals surface area contributed by atoms with E-state index in [1.807, 2.05) is 37.5 Å². The summed E-state index contributed by atoms with van der Waals surface area (Å²) in [4.78, 5) is 5.58. The fourth-order valence-electron chi connectivity index (χ4n) is 2.66. The Morgan fingerprint density at radius 3 is 2.75 bits per heavy atom. The minimum Gasteiger partial charge on any atom is -0.504 e. The minimum absolute atomic E-state index is 0.154. The lowest BCUT2D eigenvalue weighted by atomic mass is 10.2. The predicted molar refractivity (Wildman–Crippen MR) is 93.7 cm³/mol. The number of rotatable bonds is 5. The lowest BCUT2D eigenvalue weighted by Crippen LogP contribution is -2.45. The van der Waals surface area contributed by atoms with E-state index >= 15 is 0 Å². The Morgan fingerprint density at radius 1 is 1.21 bits per heavy atom. The number of phenols is 1. The summed E-state index contributed by atoms with van der Waals surface area (Å²) in [5, 5.41) is 16.3. The first-order chi connectivity index (χ1) is 11.8. The summed E-state index contributed by atoms with van der Waals surface area (Å²) in [6.45, 7) is 6.01. The van der Waals surface area contributed by atoms with Crippen LogP contribution in [0, 0.1) is 0 Å². The minimum atomic E-state index is 0.154. The molecule has 0 unspecified atom stereocenters. The van der Waals surface area contributed by atoms with Crippen LogP contribution in [0.2, 0.25) is 0 Å². The highest BCUT2D eigenvalue weighted by Gasteiger charge is 2.21. The van der Waals surface area contributed by atoms with Crippen molar-refractivity contribution in [2.24, 2.45) is 5.10 Å². The summed E-state index contributed by atoms with van der Waals surface area (Å²) >= 11 is 0. The molecule has 1 aliphatic rings. The first-order valence-corrected chi connectivity index (χ1v) is 8.22. The molecule has 0 amide bonds. The van der Waals surface area contributed by atoms with Gasteiger partial charge in [0.05, 0.1) is 32.1 Å². The first-order valence-electron chi connectivity index (χ1n) is 8.22. The van der Waals surface area contributed by atoms with Crippen LogP contribution in [0.15, 0.2) is 47.7 Å². The largest absolute Gasteiger partial charge is 0.504 e. The quantitative estimate of drug-likeness (QED) is 0.850. The van der Waals surface area contributed by atoms with Gasteiger partial charge in [0.25, 0.3) is 5.82 Å². The summed E-state index contributed by atoms with van der Waals surface area (Å²) in [7, 11) is 0. The van der Waals surface area contributed by atoms with Crippen LogP contribution in [0.4, 0.5) is 5.82 Å². The third-order valence-electron chi connectivity index (χ3n) is 3.94. The van der Waals surface area contributed by atoms with Gasteiger partial charge in [0.2, 0.25) is 0 Å². The second-order valence-electron chi connectivity index (χ2n) is 5.59. The van der Waals surface area contributed by atoms with Crippen molar-refractivity contribution in [3.63, 3.8) is 0 Å². The van der Waals surface area contributed by atoms with Gasteiger partial charge in [0.1, 0.15) is 13.1 Å². The lowest BCUT2D eigenvalue weighted by Gasteiger charge is -2.28. The van der Waals surface area contributed by atoms with Crippen LogP contribution in [0.5, 0.6) is 11.5 Å². The number of hydrogen-bond donors (Lipinski definition) is 1. The van der Waals surface area contributed by atoms with Crippen molar-refractivity contribution in [2.45, 2.75) is 6.92 Å². The molecule has 2 heterocycles. The lowest BCUT2D eigenvalue weighted by molar-refractivity contribution is -0.364. The summed E-state index contributed by atoms with van der Waals surface area (Å²) < 4.78 is 5.40. The monoisotopic (exact) mass is 327 g/mol. The maximum Gasteiger partial charge on any atom is 0.274 e. The van der Waals surface area contributed by atoms with Crippen LogP contribution in [0.1, 0.15) is 12.5 Å². The molecular weight excluding hydrogens is 304 g/mol. The van der Waals surface area contributed by atoms with Crippen molar-refractivity contribution in [3.8, 4) is 11.5 Å². The average Bonchev–Trinajstić information content (AvgIpc) is 2.64. The molecule has 2 N–H and O–H groups in total. The Morgan fingerprint density at radius 2 is 2.04 bits per heavy atom.